The first-order valence-corrected chi connectivity index (χ1v) is 14.5. The van der Waals surface area contributed by atoms with Crippen LogP contribution in [0.25, 0.3) is 5.65 Å². The van der Waals surface area contributed by atoms with Crippen molar-refractivity contribution in [2.75, 3.05) is 37.5 Å². The average molecular weight is 584 g/mol. The molecular weight excluding hydrogens is 559 g/mol. The predicted octanol–water partition coefficient (Wildman–Crippen LogP) is 3.73. The summed E-state index contributed by atoms with van der Waals surface area (Å²) in [5, 5.41) is 4.62. The summed E-state index contributed by atoms with van der Waals surface area (Å²) in [7, 11) is -2.55. The number of carbonyl (C=O) groups is 1. The van der Waals surface area contributed by atoms with Gasteiger partial charge >= 0.3 is 6.18 Å². The maximum atomic E-state index is 14.4. The first-order valence-electron chi connectivity index (χ1n) is 12.5. The largest absolute Gasteiger partial charge is 0.413 e. The van der Waals surface area contributed by atoms with Crippen molar-refractivity contribution in [1.82, 2.24) is 19.5 Å². The summed E-state index contributed by atoms with van der Waals surface area (Å²) in [6.07, 6.45) is -1.55. The molecule has 2 saturated heterocycles. The molecule has 9 nitrogen and oxygen atoms in total. The predicted molar refractivity (Wildman–Crippen MR) is 137 cm³/mol. The molecule has 0 N–H and O–H groups in total. The molecule has 2 fully saturated rings. The number of amides is 1. The molecule has 2 aromatic heterocycles. The van der Waals surface area contributed by atoms with Crippen LogP contribution in [0.2, 0.25) is 5.15 Å². The molecule has 0 radical (unpaired) electrons. The molecular formula is C25H25ClF3N5O4S. The summed E-state index contributed by atoms with van der Waals surface area (Å²) in [5.74, 6) is -2.16. The number of hydrogen-bond donors (Lipinski definition) is 0. The van der Waals surface area contributed by atoms with Crippen molar-refractivity contribution in [3.63, 3.8) is 0 Å². The Morgan fingerprint density at radius 2 is 1.97 bits per heavy atom. The minimum absolute atomic E-state index is 0.0183. The zero-order valence-electron chi connectivity index (χ0n) is 20.9. The van der Waals surface area contributed by atoms with E-state index in [1.165, 1.54) is 12.1 Å². The minimum atomic E-state index is -4.78. The smallest absolute Gasteiger partial charge is 0.378 e. The molecule has 1 amide bonds. The normalized spacial score (nSPS) is 22.5. The standard InChI is InChI=1S/C25H25ClF3N5O4S/c1-32(23(35)17-8-10-39(36,37)24(17)13-38-14-24)22(25(27,28)29)15-4-6-16(7-5-15)33-9-2-3-18-19(33)12-30-21-11-20(26)31-34(18)21/h4-7,11-12,17,22H,2-3,8-10,13-14H2,1H3/t17-,22-/m0/s1. The van der Waals surface area contributed by atoms with Crippen LogP contribution in [0.5, 0.6) is 0 Å². The maximum Gasteiger partial charge on any atom is 0.413 e. The molecule has 1 aromatic carbocycles. The number of aromatic nitrogens is 3. The van der Waals surface area contributed by atoms with E-state index in [1.807, 2.05) is 4.90 Å². The van der Waals surface area contributed by atoms with Gasteiger partial charge in [0.1, 0.15) is 4.75 Å². The number of fused-ring (bicyclic) bond motifs is 3. The fraction of sp³-hybridized carbons (Fsp3) is 0.480. The van der Waals surface area contributed by atoms with Gasteiger partial charge in [-0.2, -0.15) is 18.3 Å². The molecule has 3 aliphatic rings. The second-order valence-electron chi connectivity index (χ2n) is 10.3. The number of rotatable bonds is 4. The van der Waals surface area contributed by atoms with Crippen molar-refractivity contribution in [3.05, 3.63) is 52.9 Å². The lowest BCUT2D eigenvalue weighted by atomic mass is 9.86. The Bertz CT molecular complexity index is 1560. The Hall–Kier alpha value is -2.90. The number of ether oxygens (including phenoxy) is 1. The van der Waals surface area contributed by atoms with E-state index < -0.39 is 38.6 Å². The molecule has 2 atom stereocenters. The number of alkyl halides is 3. The number of hydrogen-bond acceptors (Lipinski definition) is 7. The van der Waals surface area contributed by atoms with Crippen LogP contribution in [0.1, 0.15) is 30.1 Å². The highest BCUT2D eigenvalue weighted by Crippen LogP contribution is 2.46. The van der Waals surface area contributed by atoms with Crippen LogP contribution < -0.4 is 4.90 Å². The monoisotopic (exact) mass is 583 g/mol. The quantitative estimate of drug-likeness (QED) is 0.462. The summed E-state index contributed by atoms with van der Waals surface area (Å²) < 4.78 is 73.6. The molecule has 3 aliphatic heterocycles. The van der Waals surface area contributed by atoms with Gasteiger partial charge in [-0.3, -0.25) is 4.79 Å². The van der Waals surface area contributed by atoms with E-state index in [0.29, 0.717) is 27.9 Å². The Kier molecular flexibility index (Phi) is 6.12. The fourth-order valence-corrected chi connectivity index (χ4v) is 8.33. The van der Waals surface area contributed by atoms with E-state index in [4.69, 9.17) is 16.3 Å². The Morgan fingerprint density at radius 1 is 1.26 bits per heavy atom. The van der Waals surface area contributed by atoms with Crippen LogP contribution in [0, 0.1) is 5.92 Å². The molecule has 5 heterocycles. The lowest BCUT2D eigenvalue weighted by Gasteiger charge is -2.42. The van der Waals surface area contributed by atoms with Gasteiger partial charge in [0.25, 0.3) is 0 Å². The third kappa shape index (κ3) is 4.08. The van der Waals surface area contributed by atoms with Crippen LogP contribution >= 0.6 is 11.6 Å². The van der Waals surface area contributed by atoms with Gasteiger partial charge in [0, 0.05) is 25.3 Å². The zero-order chi connectivity index (χ0) is 27.7. The number of anilines is 2. The van der Waals surface area contributed by atoms with E-state index in [2.05, 4.69) is 10.1 Å². The lowest BCUT2D eigenvalue weighted by Crippen LogP contribution is -2.61. The van der Waals surface area contributed by atoms with Crippen LogP contribution in [0.4, 0.5) is 24.5 Å². The second kappa shape index (κ2) is 9.07. The van der Waals surface area contributed by atoms with Crippen LogP contribution in [0.15, 0.2) is 36.5 Å². The number of benzene rings is 1. The molecule has 0 saturated carbocycles. The number of halogens is 4. The van der Waals surface area contributed by atoms with Gasteiger partial charge in [0.05, 0.1) is 42.5 Å². The van der Waals surface area contributed by atoms with Gasteiger partial charge in [0.15, 0.2) is 26.7 Å². The van der Waals surface area contributed by atoms with Gasteiger partial charge < -0.3 is 14.5 Å². The third-order valence-corrected chi connectivity index (χ3v) is 10.8. The maximum absolute atomic E-state index is 14.4. The lowest BCUT2D eigenvalue weighted by molar-refractivity contribution is -0.192. The number of aryl methyl sites for hydroxylation is 1. The average Bonchev–Trinajstić information content (AvgIpc) is 3.38. The molecule has 208 valence electrons. The molecule has 0 unspecified atom stereocenters. The van der Waals surface area contributed by atoms with Crippen molar-refractivity contribution < 1.29 is 31.1 Å². The minimum Gasteiger partial charge on any atom is -0.378 e. The van der Waals surface area contributed by atoms with Crippen molar-refractivity contribution in [2.45, 2.75) is 36.2 Å². The Balaban J connectivity index is 1.30. The van der Waals surface area contributed by atoms with Gasteiger partial charge in [-0.25, -0.2) is 17.9 Å². The highest BCUT2D eigenvalue weighted by atomic mass is 35.5. The van der Waals surface area contributed by atoms with Gasteiger partial charge in [-0.1, -0.05) is 23.7 Å². The first kappa shape index (κ1) is 26.3. The van der Waals surface area contributed by atoms with Crippen LogP contribution in [-0.2, 0) is 25.8 Å². The summed E-state index contributed by atoms with van der Waals surface area (Å²) in [6, 6.07) is 5.31. The third-order valence-electron chi connectivity index (χ3n) is 8.10. The van der Waals surface area contributed by atoms with Crippen LogP contribution in [0.3, 0.4) is 0 Å². The number of nitrogens with zero attached hydrogens (tertiary/aromatic N) is 5. The molecule has 1 spiro atoms. The van der Waals surface area contributed by atoms with Crippen molar-refractivity contribution in [2.24, 2.45) is 5.92 Å². The number of sulfone groups is 1. The SMILES string of the molecule is CN(C(=O)[C@@H]1CCS(=O)(=O)C12COC2)[C@@H](c1ccc(N2CCCc3c2cnc2cc(Cl)nn32)cc1)C(F)(F)F. The zero-order valence-corrected chi connectivity index (χ0v) is 22.4. The van der Waals surface area contributed by atoms with E-state index in [-0.39, 0.29) is 31.0 Å². The number of carbonyl (C=O) groups excluding carboxylic acids is 1. The summed E-state index contributed by atoms with van der Waals surface area (Å²) in [5.41, 5.74) is 2.85. The fourth-order valence-electron chi connectivity index (χ4n) is 6.03. The van der Waals surface area contributed by atoms with E-state index in [0.717, 1.165) is 31.3 Å². The molecule has 6 rings (SSSR count). The second-order valence-corrected chi connectivity index (χ2v) is 13.1. The Morgan fingerprint density at radius 3 is 2.62 bits per heavy atom. The summed E-state index contributed by atoms with van der Waals surface area (Å²) in [6.45, 7) is 0.290. The highest BCUT2D eigenvalue weighted by Gasteiger charge is 2.63. The van der Waals surface area contributed by atoms with E-state index in [1.54, 1.807) is 28.9 Å². The molecule has 3 aromatic rings. The van der Waals surface area contributed by atoms with Gasteiger partial charge in [-0.15, -0.1) is 0 Å². The first-order chi connectivity index (χ1) is 18.4. The Labute approximate surface area is 227 Å². The van der Waals surface area contributed by atoms with Crippen molar-refractivity contribution in [3.8, 4) is 0 Å². The molecule has 14 heteroatoms. The molecule has 39 heavy (non-hydrogen) atoms. The van der Waals surface area contributed by atoms with Crippen molar-refractivity contribution in [1.29, 1.82) is 0 Å². The topological polar surface area (TPSA) is 97.1 Å². The highest BCUT2D eigenvalue weighted by molar-refractivity contribution is 7.93. The van der Waals surface area contributed by atoms with E-state index in [9.17, 15) is 26.4 Å². The van der Waals surface area contributed by atoms with E-state index >= 15 is 0 Å². The summed E-state index contributed by atoms with van der Waals surface area (Å²) >= 11 is 6.05. The van der Waals surface area contributed by atoms with Crippen molar-refractivity contribution >= 4 is 44.4 Å². The summed E-state index contributed by atoms with van der Waals surface area (Å²) in [4.78, 5) is 20.4. The van der Waals surface area contributed by atoms with Gasteiger partial charge in [0.2, 0.25) is 5.91 Å². The van der Waals surface area contributed by atoms with Gasteiger partial charge in [-0.05, 0) is 37.0 Å². The van der Waals surface area contributed by atoms with Crippen LogP contribution in [-0.4, -0.2) is 77.3 Å². The molecule has 0 aliphatic carbocycles. The molecule has 0 bridgehead atoms.